The average Bonchev–Trinajstić information content (AvgIpc) is 3.31. The molecule has 9 heteroatoms. The van der Waals surface area contributed by atoms with E-state index in [1.54, 1.807) is 11.8 Å². The van der Waals surface area contributed by atoms with Crippen molar-refractivity contribution in [2.75, 3.05) is 31.2 Å². The lowest BCUT2D eigenvalue weighted by Gasteiger charge is -2.27. The van der Waals surface area contributed by atoms with E-state index in [4.69, 9.17) is 9.15 Å². The normalized spacial score (nSPS) is 15.9. The molecule has 1 unspecified atom stereocenters. The van der Waals surface area contributed by atoms with Crippen molar-refractivity contribution >= 4 is 17.7 Å². The second kappa shape index (κ2) is 7.69. The van der Waals surface area contributed by atoms with Crippen molar-refractivity contribution in [3.63, 3.8) is 0 Å². The molecule has 8 nitrogen and oxygen atoms in total. The van der Waals surface area contributed by atoms with E-state index in [-0.39, 0.29) is 5.25 Å². The Labute approximate surface area is 161 Å². The van der Waals surface area contributed by atoms with Crippen LogP contribution in [-0.4, -0.2) is 51.3 Å². The standard InChI is InChI=1S/C18H22N6O2S/c1-12-4-6-14(7-5-12)16-20-19-15(26-16)13(2)27-18-22-21-17(23(18)3)24-8-10-25-11-9-24/h4-7,13H,8-11H2,1-3H3. The van der Waals surface area contributed by atoms with Gasteiger partial charge < -0.3 is 14.1 Å². The van der Waals surface area contributed by atoms with E-state index in [1.165, 1.54) is 5.56 Å². The Hall–Kier alpha value is -2.39. The van der Waals surface area contributed by atoms with E-state index in [1.807, 2.05) is 49.7 Å². The van der Waals surface area contributed by atoms with Crippen molar-refractivity contribution < 1.29 is 9.15 Å². The maximum Gasteiger partial charge on any atom is 0.247 e. The molecule has 4 rings (SSSR count). The molecule has 1 fully saturated rings. The Morgan fingerprint density at radius 3 is 2.52 bits per heavy atom. The smallest absolute Gasteiger partial charge is 0.247 e. The van der Waals surface area contributed by atoms with Crippen LogP contribution in [-0.2, 0) is 11.8 Å². The SMILES string of the molecule is Cc1ccc(-c2nnc(C(C)Sc3nnc(N4CCOCC4)n3C)o2)cc1. The first kappa shape index (κ1) is 18.0. The molecule has 1 aliphatic heterocycles. The molecule has 0 spiro atoms. The van der Waals surface area contributed by atoms with Crippen molar-refractivity contribution in [2.24, 2.45) is 7.05 Å². The third kappa shape index (κ3) is 3.84. The van der Waals surface area contributed by atoms with E-state index in [9.17, 15) is 0 Å². The van der Waals surface area contributed by atoms with Gasteiger partial charge in [0.05, 0.1) is 18.5 Å². The van der Waals surface area contributed by atoms with Gasteiger partial charge in [-0.2, -0.15) is 0 Å². The number of anilines is 1. The predicted molar refractivity (Wildman–Crippen MR) is 103 cm³/mol. The minimum Gasteiger partial charge on any atom is -0.419 e. The molecule has 27 heavy (non-hydrogen) atoms. The van der Waals surface area contributed by atoms with E-state index in [0.29, 0.717) is 11.8 Å². The molecule has 2 aromatic heterocycles. The van der Waals surface area contributed by atoms with Crippen molar-refractivity contribution in [3.05, 3.63) is 35.7 Å². The molecule has 0 bridgehead atoms. The van der Waals surface area contributed by atoms with Gasteiger partial charge in [-0.1, -0.05) is 29.5 Å². The summed E-state index contributed by atoms with van der Waals surface area (Å²) in [6.07, 6.45) is 0. The molecule has 0 radical (unpaired) electrons. The first-order valence-electron chi connectivity index (χ1n) is 8.91. The van der Waals surface area contributed by atoms with Gasteiger partial charge in [0.15, 0.2) is 5.16 Å². The Morgan fingerprint density at radius 2 is 1.78 bits per heavy atom. The lowest BCUT2D eigenvalue weighted by Crippen LogP contribution is -2.37. The van der Waals surface area contributed by atoms with Crippen LogP contribution in [0.5, 0.6) is 0 Å². The number of thioether (sulfide) groups is 1. The predicted octanol–water partition coefficient (Wildman–Crippen LogP) is 2.86. The third-order valence-electron chi connectivity index (χ3n) is 4.47. The molecule has 142 valence electrons. The van der Waals surface area contributed by atoms with Gasteiger partial charge in [-0.3, -0.25) is 4.57 Å². The quantitative estimate of drug-likeness (QED) is 0.619. The average molecular weight is 386 g/mol. The summed E-state index contributed by atoms with van der Waals surface area (Å²) in [7, 11) is 1.98. The summed E-state index contributed by atoms with van der Waals surface area (Å²) in [6.45, 7) is 7.17. The fraction of sp³-hybridized carbons (Fsp3) is 0.444. The molecule has 0 saturated carbocycles. The van der Waals surface area contributed by atoms with E-state index in [0.717, 1.165) is 43.0 Å². The number of rotatable bonds is 5. The van der Waals surface area contributed by atoms with Crippen molar-refractivity contribution in [3.8, 4) is 11.5 Å². The van der Waals surface area contributed by atoms with Crippen LogP contribution in [0.15, 0.2) is 33.8 Å². The summed E-state index contributed by atoms with van der Waals surface area (Å²) >= 11 is 1.55. The number of morpholine rings is 1. The molecule has 1 aliphatic rings. The number of aromatic nitrogens is 5. The van der Waals surface area contributed by atoms with Crippen LogP contribution in [0.1, 0.15) is 23.6 Å². The summed E-state index contributed by atoms with van der Waals surface area (Å²) in [4.78, 5) is 2.19. The van der Waals surface area contributed by atoms with Gasteiger partial charge in [0.25, 0.3) is 0 Å². The van der Waals surface area contributed by atoms with Crippen LogP contribution in [0.2, 0.25) is 0 Å². The molecule has 3 heterocycles. The molecule has 3 aromatic rings. The van der Waals surface area contributed by atoms with Crippen LogP contribution >= 0.6 is 11.8 Å². The Balaban J connectivity index is 1.47. The lowest BCUT2D eigenvalue weighted by molar-refractivity contribution is 0.121. The summed E-state index contributed by atoms with van der Waals surface area (Å²) in [5, 5.41) is 17.9. The van der Waals surface area contributed by atoms with Gasteiger partial charge in [-0.25, -0.2) is 0 Å². The molecule has 1 aromatic carbocycles. The van der Waals surface area contributed by atoms with Crippen LogP contribution in [0.4, 0.5) is 5.95 Å². The van der Waals surface area contributed by atoms with Gasteiger partial charge >= 0.3 is 0 Å². The van der Waals surface area contributed by atoms with Crippen molar-refractivity contribution in [1.82, 2.24) is 25.0 Å². The molecular formula is C18H22N6O2S. The summed E-state index contributed by atoms with van der Waals surface area (Å²) in [5.41, 5.74) is 2.12. The number of nitrogens with zero attached hydrogens (tertiary/aromatic N) is 6. The Kier molecular flexibility index (Phi) is 5.13. The van der Waals surface area contributed by atoms with E-state index in [2.05, 4.69) is 25.3 Å². The molecule has 0 amide bonds. The minimum absolute atomic E-state index is 0.0304. The molecule has 1 saturated heterocycles. The topological polar surface area (TPSA) is 82.1 Å². The van der Waals surface area contributed by atoms with Gasteiger partial charge in [-0.15, -0.1) is 20.4 Å². The van der Waals surface area contributed by atoms with Gasteiger partial charge in [0.1, 0.15) is 0 Å². The van der Waals surface area contributed by atoms with Gasteiger partial charge in [0.2, 0.25) is 17.7 Å². The van der Waals surface area contributed by atoms with Crippen LogP contribution in [0.25, 0.3) is 11.5 Å². The third-order valence-corrected chi connectivity index (χ3v) is 5.60. The number of ether oxygens (including phenoxy) is 1. The van der Waals surface area contributed by atoms with Crippen LogP contribution < -0.4 is 4.90 Å². The zero-order valence-corrected chi connectivity index (χ0v) is 16.4. The first-order chi connectivity index (χ1) is 13.1. The van der Waals surface area contributed by atoms with Crippen LogP contribution in [0, 0.1) is 6.92 Å². The minimum atomic E-state index is -0.0304. The van der Waals surface area contributed by atoms with E-state index < -0.39 is 0 Å². The zero-order chi connectivity index (χ0) is 18.8. The first-order valence-corrected chi connectivity index (χ1v) is 9.79. The summed E-state index contributed by atoms with van der Waals surface area (Å²) in [5.74, 6) is 1.97. The molecular weight excluding hydrogens is 364 g/mol. The monoisotopic (exact) mass is 386 g/mol. The van der Waals surface area contributed by atoms with Gasteiger partial charge in [-0.05, 0) is 26.0 Å². The molecule has 1 atom stereocenters. The number of hydrogen-bond donors (Lipinski definition) is 0. The van der Waals surface area contributed by atoms with Crippen molar-refractivity contribution in [1.29, 1.82) is 0 Å². The summed E-state index contributed by atoms with van der Waals surface area (Å²) in [6, 6.07) is 8.04. The Morgan fingerprint density at radius 1 is 1.04 bits per heavy atom. The number of aryl methyl sites for hydroxylation is 1. The number of hydrogen-bond acceptors (Lipinski definition) is 8. The highest BCUT2D eigenvalue weighted by Crippen LogP contribution is 2.35. The molecule has 0 N–H and O–H groups in total. The van der Waals surface area contributed by atoms with E-state index >= 15 is 0 Å². The Bertz CT molecular complexity index is 901. The van der Waals surface area contributed by atoms with Crippen LogP contribution in [0.3, 0.4) is 0 Å². The maximum atomic E-state index is 5.88. The zero-order valence-electron chi connectivity index (χ0n) is 15.6. The fourth-order valence-corrected chi connectivity index (χ4v) is 3.71. The summed E-state index contributed by atoms with van der Waals surface area (Å²) < 4.78 is 13.3. The highest BCUT2D eigenvalue weighted by atomic mass is 32.2. The maximum absolute atomic E-state index is 5.88. The fourth-order valence-electron chi connectivity index (χ4n) is 2.87. The second-order valence-electron chi connectivity index (χ2n) is 6.51. The van der Waals surface area contributed by atoms with Crippen molar-refractivity contribution in [2.45, 2.75) is 24.3 Å². The number of benzene rings is 1. The molecule has 0 aliphatic carbocycles. The van der Waals surface area contributed by atoms with Gasteiger partial charge in [0, 0.05) is 25.7 Å². The largest absolute Gasteiger partial charge is 0.419 e. The second-order valence-corrected chi connectivity index (χ2v) is 7.82. The highest BCUT2D eigenvalue weighted by molar-refractivity contribution is 7.99. The lowest BCUT2D eigenvalue weighted by atomic mass is 10.1. The highest BCUT2D eigenvalue weighted by Gasteiger charge is 2.22.